The van der Waals surface area contributed by atoms with Gasteiger partial charge >= 0.3 is 0 Å². The number of methoxy groups -OCH3 is 2. The number of ether oxygens (including phenoxy) is 2. The first kappa shape index (κ1) is 14.5. The van der Waals surface area contributed by atoms with Crippen LogP contribution in [0.4, 0.5) is 0 Å². The van der Waals surface area contributed by atoms with E-state index in [2.05, 4.69) is 23.7 Å². The number of hydrogen-bond donors (Lipinski definition) is 1. The third-order valence-electron chi connectivity index (χ3n) is 3.89. The van der Waals surface area contributed by atoms with Gasteiger partial charge in [-0.05, 0) is 25.5 Å². The van der Waals surface area contributed by atoms with Crippen molar-refractivity contribution in [3.8, 4) is 11.5 Å². The van der Waals surface area contributed by atoms with Crippen molar-refractivity contribution in [2.75, 3.05) is 20.8 Å². The van der Waals surface area contributed by atoms with Crippen LogP contribution in [0.25, 0.3) is 0 Å². The average Bonchev–Trinajstić information content (AvgIpc) is 2.87. The molecular formula is C15H23N3O2. The monoisotopic (exact) mass is 277 g/mol. The molecule has 0 bridgehead atoms. The summed E-state index contributed by atoms with van der Waals surface area (Å²) in [5, 5.41) is 0. The van der Waals surface area contributed by atoms with Crippen molar-refractivity contribution in [2.24, 2.45) is 10.7 Å². The Labute approximate surface area is 120 Å². The maximum absolute atomic E-state index is 6.04. The second-order valence-electron chi connectivity index (χ2n) is 4.99. The highest BCUT2D eigenvalue weighted by Gasteiger charge is 2.32. The summed E-state index contributed by atoms with van der Waals surface area (Å²) in [6.07, 6.45) is 1.02. The molecule has 0 aliphatic carbocycles. The largest absolute Gasteiger partial charge is 0.497 e. The summed E-state index contributed by atoms with van der Waals surface area (Å²) in [5.74, 6) is 2.21. The van der Waals surface area contributed by atoms with Gasteiger partial charge in [0.1, 0.15) is 11.5 Å². The molecule has 1 aliphatic heterocycles. The van der Waals surface area contributed by atoms with E-state index in [1.807, 2.05) is 18.2 Å². The molecule has 0 radical (unpaired) electrons. The number of aliphatic imine (C=N–C) groups is 1. The highest BCUT2D eigenvalue weighted by molar-refractivity contribution is 5.81. The molecule has 2 N–H and O–H groups in total. The lowest BCUT2D eigenvalue weighted by molar-refractivity contribution is 0.262. The molecule has 1 aromatic rings. The van der Waals surface area contributed by atoms with Crippen LogP contribution in [0.3, 0.4) is 0 Å². The minimum atomic E-state index is 0.130. The van der Waals surface area contributed by atoms with Gasteiger partial charge in [0.25, 0.3) is 0 Å². The summed E-state index contributed by atoms with van der Waals surface area (Å²) in [7, 11) is 3.32. The number of guanidine groups is 1. The molecular weight excluding hydrogens is 254 g/mol. The van der Waals surface area contributed by atoms with Crippen LogP contribution in [-0.4, -0.2) is 37.7 Å². The first-order chi connectivity index (χ1) is 9.62. The molecule has 0 saturated heterocycles. The van der Waals surface area contributed by atoms with Crippen LogP contribution in [-0.2, 0) is 0 Å². The Morgan fingerprint density at radius 3 is 2.75 bits per heavy atom. The van der Waals surface area contributed by atoms with E-state index in [0.717, 1.165) is 23.5 Å². The lowest BCUT2D eigenvalue weighted by Gasteiger charge is -2.32. The van der Waals surface area contributed by atoms with Gasteiger partial charge in [0.15, 0.2) is 5.96 Å². The SMILES string of the molecule is CCC(C)N1C(N)=NCC1c1ccc(OC)cc1OC. The fraction of sp³-hybridized carbons (Fsp3) is 0.533. The van der Waals surface area contributed by atoms with Crippen molar-refractivity contribution >= 4 is 5.96 Å². The number of nitrogens with zero attached hydrogens (tertiary/aromatic N) is 2. The van der Waals surface area contributed by atoms with E-state index in [1.165, 1.54) is 0 Å². The number of rotatable bonds is 5. The summed E-state index contributed by atoms with van der Waals surface area (Å²) in [6, 6.07) is 6.36. The van der Waals surface area contributed by atoms with Crippen LogP contribution >= 0.6 is 0 Å². The fourth-order valence-electron chi connectivity index (χ4n) is 2.58. The van der Waals surface area contributed by atoms with E-state index in [1.54, 1.807) is 14.2 Å². The van der Waals surface area contributed by atoms with Crippen LogP contribution in [0.15, 0.2) is 23.2 Å². The van der Waals surface area contributed by atoms with Gasteiger partial charge in [0.2, 0.25) is 0 Å². The molecule has 0 fully saturated rings. The third kappa shape index (κ3) is 2.53. The average molecular weight is 277 g/mol. The molecule has 0 amide bonds. The molecule has 1 aromatic carbocycles. The van der Waals surface area contributed by atoms with Crippen LogP contribution in [0.2, 0.25) is 0 Å². The zero-order chi connectivity index (χ0) is 14.7. The predicted molar refractivity (Wildman–Crippen MR) is 80.4 cm³/mol. The molecule has 0 spiro atoms. The second kappa shape index (κ2) is 6.03. The zero-order valence-electron chi connectivity index (χ0n) is 12.6. The van der Waals surface area contributed by atoms with Crippen LogP contribution in [0.5, 0.6) is 11.5 Å². The van der Waals surface area contributed by atoms with Gasteiger partial charge in [-0.2, -0.15) is 0 Å². The van der Waals surface area contributed by atoms with Gasteiger partial charge < -0.3 is 20.1 Å². The summed E-state index contributed by atoms with van der Waals surface area (Å²) < 4.78 is 10.7. The van der Waals surface area contributed by atoms with Crippen molar-refractivity contribution in [3.63, 3.8) is 0 Å². The van der Waals surface area contributed by atoms with E-state index in [9.17, 15) is 0 Å². The first-order valence-corrected chi connectivity index (χ1v) is 6.92. The van der Waals surface area contributed by atoms with E-state index >= 15 is 0 Å². The molecule has 2 atom stereocenters. The van der Waals surface area contributed by atoms with E-state index in [4.69, 9.17) is 15.2 Å². The first-order valence-electron chi connectivity index (χ1n) is 6.92. The fourth-order valence-corrected chi connectivity index (χ4v) is 2.58. The molecule has 20 heavy (non-hydrogen) atoms. The van der Waals surface area contributed by atoms with E-state index in [0.29, 0.717) is 18.5 Å². The molecule has 1 heterocycles. The quantitative estimate of drug-likeness (QED) is 0.896. The Kier molecular flexibility index (Phi) is 4.37. The lowest BCUT2D eigenvalue weighted by atomic mass is 10.0. The minimum absolute atomic E-state index is 0.130. The highest BCUT2D eigenvalue weighted by atomic mass is 16.5. The lowest BCUT2D eigenvalue weighted by Crippen LogP contribution is -2.42. The van der Waals surface area contributed by atoms with Crippen molar-refractivity contribution in [3.05, 3.63) is 23.8 Å². The van der Waals surface area contributed by atoms with Gasteiger partial charge in [-0.15, -0.1) is 0 Å². The van der Waals surface area contributed by atoms with Crippen LogP contribution < -0.4 is 15.2 Å². The predicted octanol–water partition coefficient (Wildman–Crippen LogP) is 2.17. The van der Waals surface area contributed by atoms with Crippen molar-refractivity contribution in [1.82, 2.24) is 4.90 Å². The molecule has 2 unspecified atom stereocenters. The summed E-state index contributed by atoms with van der Waals surface area (Å²) >= 11 is 0. The smallest absolute Gasteiger partial charge is 0.192 e. The Morgan fingerprint density at radius 1 is 1.40 bits per heavy atom. The van der Waals surface area contributed by atoms with Crippen LogP contribution in [0, 0.1) is 0 Å². The van der Waals surface area contributed by atoms with E-state index < -0.39 is 0 Å². The highest BCUT2D eigenvalue weighted by Crippen LogP contribution is 2.36. The Balaban J connectivity index is 2.35. The molecule has 0 aromatic heterocycles. The summed E-state index contributed by atoms with van der Waals surface area (Å²) in [6.45, 7) is 4.98. The maximum Gasteiger partial charge on any atom is 0.192 e. The number of nitrogens with two attached hydrogens (primary N) is 1. The molecule has 5 nitrogen and oxygen atoms in total. The maximum atomic E-state index is 6.04. The standard InChI is InChI=1S/C15H23N3O2/c1-5-10(2)18-13(9-17-15(18)16)12-7-6-11(19-3)8-14(12)20-4/h6-8,10,13H,5,9H2,1-4H3,(H2,16,17). The second-order valence-corrected chi connectivity index (χ2v) is 4.99. The Bertz CT molecular complexity index is 502. The third-order valence-corrected chi connectivity index (χ3v) is 3.89. The topological polar surface area (TPSA) is 60.1 Å². The van der Waals surface area contributed by atoms with E-state index in [-0.39, 0.29) is 6.04 Å². The van der Waals surface area contributed by atoms with Gasteiger partial charge in [0.05, 0.1) is 26.8 Å². The van der Waals surface area contributed by atoms with Gasteiger partial charge in [-0.3, -0.25) is 4.99 Å². The Morgan fingerprint density at radius 2 is 2.15 bits per heavy atom. The summed E-state index contributed by atoms with van der Waals surface area (Å²) in [4.78, 5) is 6.57. The summed E-state index contributed by atoms with van der Waals surface area (Å²) in [5.41, 5.74) is 7.14. The minimum Gasteiger partial charge on any atom is -0.497 e. The number of benzene rings is 1. The van der Waals surface area contributed by atoms with Crippen molar-refractivity contribution in [1.29, 1.82) is 0 Å². The van der Waals surface area contributed by atoms with Gasteiger partial charge in [-0.1, -0.05) is 6.92 Å². The zero-order valence-corrected chi connectivity index (χ0v) is 12.6. The molecule has 1 aliphatic rings. The van der Waals surface area contributed by atoms with Crippen molar-refractivity contribution in [2.45, 2.75) is 32.4 Å². The van der Waals surface area contributed by atoms with Crippen molar-refractivity contribution < 1.29 is 9.47 Å². The Hall–Kier alpha value is -1.91. The number of hydrogen-bond acceptors (Lipinski definition) is 5. The normalized spacial score (nSPS) is 19.7. The van der Waals surface area contributed by atoms with Gasteiger partial charge in [-0.25, -0.2) is 0 Å². The molecule has 110 valence electrons. The molecule has 0 saturated carbocycles. The molecule has 2 rings (SSSR count). The molecule has 5 heteroatoms. The van der Waals surface area contributed by atoms with Crippen LogP contribution in [0.1, 0.15) is 31.9 Å². The van der Waals surface area contributed by atoms with Gasteiger partial charge in [0, 0.05) is 17.7 Å².